The van der Waals surface area contributed by atoms with Crippen molar-refractivity contribution in [2.24, 2.45) is 12.5 Å². The van der Waals surface area contributed by atoms with E-state index in [1.54, 1.807) is 49.8 Å². The van der Waals surface area contributed by atoms with E-state index in [9.17, 15) is 26.7 Å². The van der Waals surface area contributed by atoms with Gasteiger partial charge in [-0.1, -0.05) is 36.1 Å². The van der Waals surface area contributed by atoms with Crippen molar-refractivity contribution in [1.29, 1.82) is 0 Å². The minimum Gasteiger partial charge on any atom is -0.383 e. The maximum Gasteiger partial charge on any atom is 0.396 e. The van der Waals surface area contributed by atoms with Crippen molar-refractivity contribution in [2.45, 2.75) is 56.3 Å². The number of hydrazine groups is 2. The van der Waals surface area contributed by atoms with Crippen LogP contribution >= 0.6 is 11.6 Å². The van der Waals surface area contributed by atoms with E-state index < -0.39 is 29.6 Å². The van der Waals surface area contributed by atoms with Gasteiger partial charge in [-0.25, -0.2) is 8.78 Å². The summed E-state index contributed by atoms with van der Waals surface area (Å²) in [7, 11) is 1.65. The molecule has 48 heavy (non-hydrogen) atoms. The molecule has 7 rings (SSSR count). The molecule has 2 aromatic carbocycles. The number of aromatic nitrogens is 2. The molecule has 0 unspecified atom stereocenters. The molecule has 4 N–H and O–H groups in total. The van der Waals surface area contributed by atoms with Gasteiger partial charge in [0.25, 0.3) is 12.0 Å². The third-order valence-electron chi connectivity index (χ3n) is 9.92. The summed E-state index contributed by atoms with van der Waals surface area (Å²) in [6.07, 6.45) is 4.55. The summed E-state index contributed by atoms with van der Waals surface area (Å²) in [5, 5.41) is 9.52. The second-order valence-corrected chi connectivity index (χ2v) is 13.2. The van der Waals surface area contributed by atoms with Gasteiger partial charge in [0, 0.05) is 48.6 Å². The molecular weight excluding hydrogens is 653 g/mol. The van der Waals surface area contributed by atoms with Gasteiger partial charge in [-0.2, -0.15) is 13.2 Å². The Hall–Kier alpha value is -4.54. The van der Waals surface area contributed by atoms with Crippen molar-refractivity contribution in [3.8, 4) is 12.3 Å². The lowest BCUT2D eigenvalue weighted by molar-refractivity contribution is -0.244. The third-order valence-corrected chi connectivity index (χ3v) is 10.2. The molecule has 1 aliphatic heterocycles. The van der Waals surface area contributed by atoms with Crippen molar-refractivity contribution in [3.05, 3.63) is 87.2 Å². The van der Waals surface area contributed by atoms with E-state index in [0.717, 1.165) is 0 Å². The van der Waals surface area contributed by atoms with Crippen LogP contribution < -0.4 is 27.2 Å². The van der Waals surface area contributed by atoms with E-state index in [0.29, 0.717) is 63.6 Å². The van der Waals surface area contributed by atoms with E-state index in [1.807, 2.05) is 6.07 Å². The molecule has 0 saturated heterocycles. The number of nitrogens with zero attached hydrogens (tertiary/aromatic N) is 3. The highest BCUT2D eigenvalue weighted by molar-refractivity contribution is 6.35. The zero-order valence-corrected chi connectivity index (χ0v) is 26.4. The predicted molar refractivity (Wildman–Crippen MR) is 175 cm³/mol. The number of fused-ring (bicyclic) bond motifs is 2. The summed E-state index contributed by atoms with van der Waals surface area (Å²) in [5.74, 6) is 2.52. The SMILES string of the molecule is C#Cc1cnc2c(Cl)cc(N[C@H](C3=CN(C4(C(F)F)CC4)NN3)c3cccc4c(=O)n(C)ccc34)cc2c1NCC1(C(F)(F)F)CCC1. The van der Waals surface area contributed by atoms with Crippen LogP contribution in [0.2, 0.25) is 5.02 Å². The van der Waals surface area contributed by atoms with Crippen molar-refractivity contribution < 1.29 is 22.0 Å². The number of aryl methyl sites for hydroxylation is 1. The zero-order chi connectivity index (χ0) is 34.0. The molecule has 1 atom stereocenters. The number of halogens is 6. The normalized spacial score (nSPS) is 18.6. The highest BCUT2D eigenvalue weighted by Gasteiger charge is 2.58. The van der Waals surface area contributed by atoms with Gasteiger partial charge in [0.15, 0.2) is 0 Å². The highest BCUT2D eigenvalue weighted by atomic mass is 35.5. The summed E-state index contributed by atoms with van der Waals surface area (Å²) in [6, 6.07) is 9.67. The van der Waals surface area contributed by atoms with E-state index in [1.165, 1.54) is 15.8 Å². The Labute approximate surface area is 277 Å². The standard InChI is InChI=1S/C34H31ClF5N7O/c1-3-19-16-41-28-24(27(19)42-18-32(9-5-10-32)34(38,39)40)14-20(15-25(28)35)43-29(26-17-47(45-44-26)33(11-12-33)31(36)37)22-6-4-7-23-21(22)8-13-46(2)30(23)48/h1,4,6-8,13-17,29,31,43-45H,5,9-12,18H2,2H3,(H,41,42)/t29-/m0/s1. The molecule has 2 aliphatic carbocycles. The van der Waals surface area contributed by atoms with Crippen LogP contribution in [0.1, 0.15) is 49.3 Å². The number of rotatable bonds is 9. The Morgan fingerprint density at radius 1 is 1.12 bits per heavy atom. The maximum absolute atomic E-state index is 14.0. The topological polar surface area (TPSA) is 86.2 Å². The fourth-order valence-electron chi connectivity index (χ4n) is 6.61. The largest absolute Gasteiger partial charge is 0.396 e. The number of terminal acetylenes is 1. The first-order valence-corrected chi connectivity index (χ1v) is 15.8. The maximum atomic E-state index is 14.0. The van der Waals surface area contributed by atoms with E-state index in [2.05, 4.69) is 32.5 Å². The molecule has 2 saturated carbocycles. The first-order chi connectivity index (χ1) is 22.9. The van der Waals surface area contributed by atoms with Crippen molar-refractivity contribution in [1.82, 2.24) is 25.5 Å². The minimum absolute atomic E-state index is 0.0152. The van der Waals surface area contributed by atoms with Gasteiger partial charge in [-0.15, -0.1) is 12.0 Å². The van der Waals surface area contributed by atoms with Crippen LogP contribution in [-0.2, 0) is 7.05 Å². The van der Waals surface area contributed by atoms with E-state index in [4.69, 9.17) is 18.0 Å². The van der Waals surface area contributed by atoms with Crippen LogP contribution in [0.25, 0.3) is 21.7 Å². The van der Waals surface area contributed by atoms with Crippen LogP contribution in [0.15, 0.2) is 65.5 Å². The second kappa shape index (κ2) is 11.6. The van der Waals surface area contributed by atoms with E-state index >= 15 is 0 Å². The van der Waals surface area contributed by atoms with Crippen LogP contribution in [0, 0.1) is 17.8 Å². The highest BCUT2D eigenvalue weighted by Crippen LogP contribution is 2.53. The van der Waals surface area contributed by atoms with Crippen LogP contribution in [0.4, 0.5) is 33.3 Å². The third kappa shape index (κ3) is 5.18. The molecule has 8 nitrogen and oxygen atoms in total. The monoisotopic (exact) mass is 683 g/mol. The second-order valence-electron chi connectivity index (χ2n) is 12.7. The Balaban J connectivity index is 1.33. The summed E-state index contributed by atoms with van der Waals surface area (Å²) >= 11 is 6.74. The number of nitrogens with one attached hydrogen (secondary N) is 4. The molecule has 2 aromatic heterocycles. The Bertz CT molecular complexity index is 2060. The number of benzene rings is 2. The van der Waals surface area contributed by atoms with Crippen LogP contribution in [0.3, 0.4) is 0 Å². The quantitative estimate of drug-likeness (QED) is 0.112. The Kier molecular flexibility index (Phi) is 7.71. The number of anilines is 2. The number of hydrogen-bond acceptors (Lipinski definition) is 7. The zero-order valence-electron chi connectivity index (χ0n) is 25.7. The smallest absolute Gasteiger partial charge is 0.383 e. The molecular formula is C34H31ClF5N7O. The van der Waals surface area contributed by atoms with E-state index in [-0.39, 0.29) is 35.5 Å². The minimum atomic E-state index is -4.39. The van der Waals surface area contributed by atoms with Gasteiger partial charge in [-0.05, 0) is 60.9 Å². The Morgan fingerprint density at radius 3 is 2.54 bits per heavy atom. The van der Waals surface area contributed by atoms with Gasteiger partial charge in [0.05, 0.1) is 38.9 Å². The van der Waals surface area contributed by atoms with Gasteiger partial charge < -0.3 is 20.6 Å². The fourth-order valence-corrected chi connectivity index (χ4v) is 6.88. The molecule has 0 spiro atoms. The molecule has 0 radical (unpaired) electrons. The molecule has 3 aliphatic rings. The lowest BCUT2D eigenvalue weighted by Gasteiger charge is -2.43. The molecule has 14 heteroatoms. The lowest BCUT2D eigenvalue weighted by Crippen LogP contribution is -2.48. The summed E-state index contributed by atoms with van der Waals surface area (Å²) in [4.78, 5) is 17.5. The molecule has 3 heterocycles. The van der Waals surface area contributed by atoms with Gasteiger partial charge in [0.1, 0.15) is 5.54 Å². The van der Waals surface area contributed by atoms with Crippen LogP contribution in [-0.4, -0.2) is 39.2 Å². The molecule has 0 amide bonds. The lowest BCUT2D eigenvalue weighted by atomic mass is 9.68. The number of pyridine rings is 2. The van der Waals surface area contributed by atoms with Crippen molar-refractivity contribution >= 4 is 44.7 Å². The average molecular weight is 684 g/mol. The number of alkyl halides is 5. The molecule has 2 fully saturated rings. The van der Waals surface area contributed by atoms with Crippen molar-refractivity contribution in [3.63, 3.8) is 0 Å². The first kappa shape index (κ1) is 32.0. The summed E-state index contributed by atoms with van der Waals surface area (Å²) in [6.45, 7) is -0.364. The van der Waals surface area contributed by atoms with Gasteiger partial charge >= 0.3 is 6.18 Å². The summed E-state index contributed by atoms with van der Waals surface area (Å²) < 4.78 is 71.7. The van der Waals surface area contributed by atoms with Crippen LogP contribution in [0.5, 0.6) is 0 Å². The fraction of sp³-hybridized carbons (Fsp3) is 0.353. The number of hydrogen-bond donors (Lipinski definition) is 4. The molecule has 4 aromatic rings. The van der Waals surface area contributed by atoms with Gasteiger partial charge in [0.2, 0.25) is 0 Å². The van der Waals surface area contributed by atoms with Crippen molar-refractivity contribution in [2.75, 3.05) is 17.2 Å². The summed E-state index contributed by atoms with van der Waals surface area (Å²) in [5.41, 5.74) is 4.98. The average Bonchev–Trinajstić information content (AvgIpc) is 3.70. The molecule has 0 bridgehead atoms. The Morgan fingerprint density at radius 2 is 1.90 bits per heavy atom. The van der Waals surface area contributed by atoms with Gasteiger partial charge in [-0.3, -0.25) is 14.8 Å². The predicted octanol–water partition coefficient (Wildman–Crippen LogP) is 6.98. The first-order valence-electron chi connectivity index (χ1n) is 15.4. The molecule has 250 valence electrons.